The summed E-state index contributed by atoms with van der Waals surface area (Å²) in [7, 11) is 0. The van der Waals surface area contributed by atoms with Crippen LogP contribution in [-0.4, -0.2) is 12.1 Å². The molecule has 0 aliphatic heterocycles. The molecule has 0 bridgehead atoms. The van der Waals surface area contributed by atoms with Gasteiger partial charge >= 0.3 is 0 Å². The molecule has 0 fully saturated rings. The summed E-state index contributed by atoms with van der Waals surface area (Å²) in [4.78, 5) is 0. The van der Waals surface area contributed by atoms with E-state index < -0.39 is 0 Å². The molecule has 0 atom stereocenters. The van der Waals surface area contributed by atoms with Gasteiger partial charge in [-0.2, -0.15) is 0 Å². The van der Waals surface area contributed by atoms with Crippen molar-refractivity contribution < 1.29 is 0 Å². The van der Waals surface area contributed by atoms with Crippen LogP contribution >= 0.6 is 0 Å². The molecule has 0 aliphatic rings. The van der Waals surface area contributed by atoms with Crippen molar-refractivity contribution in [3.8, 4) is 0 Å². The van der Waals surface area contributed by atoms with E-state index in [-0.39, 0.29) is 5.54 Å². The second-order valence-electron chi connectivity index (χ2n) is 5.85. The van der Waals surface area contributed by atoms with Crippen molar-refractivity contribution in [2.45, 2.75) is 91.0 Å². The van der Waals surface area contributed by atoms with E-state index in [2.05, 4.69) is 45.2 Å². The maximum absolute atomic E-state index is 4.61. The molecule has 0 aromatic rings. The average molecular weight is 252 g/mol. The van der Waals surface area contributed by atoms with Crippen LogP contribution in [-0.2, 0) is 0 Å². The Bertz CT molecular complexity index is 194. The number of unbranched alkanes of at least 4 members (excludes halogenated alkanes) is 6. The molecule has 0 aliphatic carbocycles. The van der Waals surface area contributed by atoms with Gasteiger partial charge in [0, 0.05) is 12.1 Å². The van der Waals surface area contributed by atoms with E-state index in [1.165, 1.54) is 57.8 Å². The van der Waals surface area contributed by atoms with Crippen molar-refractivity contribution in [2.75, 3.05) is 6.54 Å². The second-order valence-corrected chi connectivity index (χ2v) is 5.85. The van der Waals surface area contributed by atoms with Crippen LogP contribution in [0.3, 0.4) is 0 Å². The van der Waals surface area contributed by atoms with E-state index in [1.807, 2.05) is 0 Å². The minimum Gasteiger partial charge on any atom is -0.236 e. The fourth-order valence-corrected chi connectivity index (χ4v) is 2.25. The predicted octanol–water partition coefficient (Wildman–Crippen LogP) is 5.48. The van der Waals surface area contributed by atoms with E-state index in [9.17, 15) is 0 Å². The first-order chi connectivity index (χ1) is 8.62. The van der Waals surface area contributed by atoms with Crippen LogP contribution in [0.2, 0.25) is 0 Å². The predicted molar refractivity (Wildman–Crippen MR) is 83.1 cm³/mol. The molecule has 107 valence electrons. The average Bonchev–Trinajstić information content (AvgIpc) is 2.31. The summed E-state index contributed by atoms with van der Waals surface area (Å²) in [6, 6.07) is 0. The minimum atomic E-state index is 0.193. The molecule has 0 aromatic heterocycles. The molecule has 1 heteroatoms. The molecule has 0 saturated heterocycles. The number of allylic oxidation sites excluding steroid dienone is 2. The number of hydrogen-bond acceptors (Lipinski definition) is 0. The van der Waals surface area contributed by atoms with Crippen LogP contribution in [0.4, 0.5) is 0 Å². The molecule has 0 spiro atoms. The highest BCUT2D eigenvalue weighted by Gasteiger charge is 2.15. The molecular weight excluding hydrogens is 218 g/mol. The molecule has 18 heavy (non-hydrogen) atoms. The van der Waals surface area contributed by atoms with Crippen LogP contribution in [0.5, 0.6) is 0 Å². The van der Waals surface area contributed by atoms with Gasteiger partial charge in [-0.3, -0.25) is 0 Å². The zero-order valence-electron chi connectivity index (χ0n) is 13.2. The van der Waals surface area contributed by atoms with Gasteiger partial charge in [-0.25, -0.2) is 5.32 Å². The number of rotatable bonds is 12. The Morgan fingerprint density at radius 2 is 1.44 bits per heavy atom. The van der Waals surface area contributed by atoms with Gasteiger partial charge < -0.3 is 0 Å². The SMILES string of the molecule is CCCCCC/C=C/CCCCC(C)(C)[N]CC. The second kappa shape index (κ2) is 11.8. The largest absolute Gasteiger partial charge is 0.236 e. The van der Waals surface area contributed by atoms with Gasteiger partial charge in [0.2, 0.25) is 0 Å². The normalized spacial score (nSPS) is 12.4. The van der Waals surface area contributed by atoms with Crippen LogP contribution in [0, 0.1) is 0 Å². The molecule has 0 unspecified atom stereocenters. The highest BCUT2D eigenvalue weighted by molar-refractivity contribution is 4.82. The smallest absolute Gasteiger partial charge is 0.0300 e. The maximum atomic E-state index is 4.61. The van der Waals surface area contributed by atoms with Crippen LogP contribution < -0.4 is 5.32 Å². The summed E-state index contributed by atoms with van der Waals surface area (Å²) < 4.78 is 0. The Morgan fingerprint density at radius 1 is 0.833 bits per heavy atom. The van der Waals surface area contributed by atoms with Crippen molar-refractivity contribution in [3.05, 3.63) is 12.2 Å². The summed E-state index contributed by atoms with van der Waals surface area (Å²) in [6.07, 6.45) is 16.6. The number of hydrogen-bond donors (Lipinski definition) is 0. The molecule has 0 heterocycles. The minimum absolute atomic E-state index is 0.193. The topological polar surface area (TPSA) is 14.1 Å². The van der Waals surface area contributed by atoms with Crippen molar-refractivity contribution in [3.63, 3.8) is 0 Å². The Balaban J connectivity index is 3.31. The molecule has 0 N–H and O–H groups in total. The first kappa shape index (κ1) is 17.7. The van der Waals surface area contributed by atoms with Crippen LogP contribution in [0.15, 0.2) is 12.2 Å². The lowest BCUT2D eigenvalue weighted by Crippen LogP contribution is -2.32. The van der Waals surface area contributed by atoms with Gasteiger partial charge in [0.15, 0.2) is 0 Å². The van der Waals surface area contributed by atoms with Crippen LogP contribution in [0.25, 0.3) is 0 Å². The van der Waals surface area contributed by atoms with Gasteiger partial charge in [0.05, 0.1) is 0 Å². The molecular formula is C17H34N. The highest BCUT2D eigenvalue weighted by atomic mass is 14.9. The molecule has 0 saturated carbocycles. The molecule has 0 rings (SSSR count). The van der Waals surface area contributed by atoms with Gasteiger partial charge in [-0.1, -0.05) is 51.7 Å². The lowest BCUT2D eigenvalue weighted by atomic mass is 9.96. The monoisotopic (exact) mass is 252 g/mol. The van der Waals surface area contributed by atoms with E-state index in [0.717, 1.165) is 6.54 Å². The molecule has 1 nitrogen and oxygen atoms in total. The standard InChI is InChI=1S/C17H34N/c1-5-7-8-9-10-11-12-13-14-15-16-17(3,4)18-6-2/h11-12H,5-10,13-16H2,1-4H3/b12-11+. The first-order valence-electron chi connectivity index (χ1n) is 7.96. The lowest BCUT2D eigenvalue weighted by molar-refractivity contribution is 0.350. The van der Waals surface area contributed by atoms with Gasteiger partial charge in [-0.15, -0.1) is 0 Å². The first-order valence-corrected chi connectivity index (χ1v) is 7.96. The van der Waals surface area contributed by atoms with Crippen molar-refractivity contribution >= 4 is 0 Å². The third-order valence-electron chi connectivity index (χ3n) is 3.39. The summed E-state index contributed by atoms with van der Waals surface area (Å²) in [5.74, 6) is 0. The third kappa shape index (κ3) is 12.2. The maximum Gasteiger partial charge on any atom is 0.0300 e. The van der Waals surface area contributed by atoms with E-state index in [1.54, 1.807) is 0 Å². The lowest BCUT2D eigenvalue weighted by Gasteiger charge is -2.23. The zero-order chi connectivity index (χ0) is 13.7. The van der Waals surface area contributed by atoms with Crippen molar-refractivity contribution in [2.24, 2.45) is 0 Å². The summed E-state index contributed by atoms with van der Waals surface area (Å²) >= 11 is 0. The van der Waals surface area contributed by atoms with Gasteiger partial charge in [-0.05, 0) is 46.0 Å². The van der Waals surface area contributed by atoms with Gasteiger partial charge in [0.1, 0.15) is 0 Å². The fraction of sp³-hybridized carbons (Fsp3) is 0.882. The molecule has 1 radical (unpaired) electrons. The van der Waals surface area contributed by atoms with Crippen molar-refractivity contribution in [1.29, 1.82) is 0 Å². The van der Waals surface area contributed by atoms with E-state index in [4.69, 9.17) is 0 Å². The molecule has 0 amide bonds. The third-order valence-corrected chi connectivity index (χ3v) is 3.39. The summed E-state index contributed by atoms with van der Waals surface area (Å²) in [6.45, 7) is 9.84. The number of nitrogens with zero attached hydrogens (tertiary/aromatic N) is 1. The Hall–Kier alpha value is -0.300. The Labute approximate surface area is 115 Å². The van der Waals surface area contributed by atoms with Gasteiger partial charge in [0.25, 0.3) is 0 Å². The molecule has 0 aromatic carbocycles. The Kier molecular flexibility index (Phi) is 11.6. The van der Waals surface area contributed by atoms with Crippen LogP contribution in [0.1, 0.15) is 85.5 Å². The summed E-state index contributed by atoms with van der Waals surface area (Å²) in [5, 5.41) is 4.61. The summed E-state index contributed by atoms with van der Waals surface area (Å²) in [5.41, 5.74) is 0.193. The van der Waals surface area contributed by atoms with Crippen molar-refractivity contribution in [1.82, 2.24) is 5.32 Å². The quantitative estimate of drug-likeness (QED) is 0.323. The Morgan fingerprint density at radius 3 is 2.00 bits per heavy atom. The van der Waals surface area contributed by atoms with E-state index in [0.29, 0.717) is 0 Å². The van der Waals surface area contributed by atoms with E-state index >= 15 is 0 Å². The zero-order valence-corrected chi connectivity index (χ0v) is 13.2. The highest BCUT2D eigenvalue weighted by Crippen LogP contribution is 2.15. The fourth-order valence-electron chi connectivity index (χ4n) is 2.25.